The molecule has 0 unspecified atom stereocenters. The van der Waals surface area contributed by atoms with E-state index >= 15 is 0 Å². The Hall–Kier alpha value is -4.63. The number of rotatable bonds is 9. The summed E-state index contributed by atoms with van der Waals surface area (Å²) in [6.07, 6.45) is -2.40. The summed E-state index contributed by atoms with van der Waals surface area (Å²) in [5, 5.41) is 78.5. The molecule has 14 heteroatoms. The quantitative estimate of drug-likeness (QED) is 0.0803. The minimum absolute atomic E-state index is 0.273. The number of hydrogen-bond acceptors (Lipinski definition) is 13. The van der Waals surface area contributed by atoms with Crippen LogP contribution in [-0.4, -0.2) is 116 Å². The van der Waals surface area contributed by atoms with Crippen LogP contribution in [0, 0.1) is 0 Å². The number of phenols is 4. The second-order valence-electron chi connectivity index (χ2n) is 11.0. The number of aromatic hydroxyl groups is 4. The molecular weight excluding hydrogens is 582 g/mol. The van der Waals surface area contributed by atoms with E-state index in [1.165, 1.54) is 36.4 Å². The molecule has 44 heavy (non-hydrogen) atoms. The van der Waals surface area contributed by atoms with Gasteiger partial charge in [0.05, 0.1) is 39.8 Å². The molecule has 2 aromatic carbocycles. The number of aliphatic hydroxyl groups is 3. The molecule has 3 rings (SSSR count). The summed E-state index contributed by atoms with van der Waals surface area (Å²) >= 11 is 0. The predicted molar refractivity (Wildman–Crippen MR) is 153 cm³/mol. The van der Waals surface area contributed by atoms with Crippen molar-refractivity contribution in [3.63, 3.8) is 0 Å². The second-order valence-corrected chi connectivity index (χ2v) is 11.0. The van der Waals surface area contributed by atoms with Crippen molar-refractivity contribution in [3.8, 4) is 23.0 Å². The lowest BCUT2D eigenvalue weighted by Crippen LogP contribution is -2.62. The van der Waals surface area contributed by atoms with Gasteiger partial charge in [-0.05, 0) is 47.5 Å². The highest BCUT2D eigenvalue weighted by Crippen LogP contribution is 2.35. The monoisotopic (exact) mass is 619 g/mol. The number of carboxylic acid groups (broad SMARTS) is 1. The molecule has 0 aliphatic heterocycles. The third-order valence-electron chi connectivity index (χ3n) is 6.37. The number of benzene rings is 2. The van der Waals surface area contributed by atoms with E-state index in [2.05, 4.69) is 21.1 Å². The fourth-order valence-corrected chi connectivity index (χ4v) is 3.97. The lowest BCUT2D eigenvalue weighted by Gasteiger charge is -2.44. The maximum Gasteiger partial charge on any atom is 0.331 e. The van der Waals surface area contributed by atoms with Gasteiger partial charge in [0, 0.05) is 25.0 Å². The number of nitrogens with zero attached hydrogens (tertiary/aromatic N) is 1. The summed E-state index contributed by atoms with van der Waals surface area (Å²) in [4.78, 5) is 36.6. The number of phenolic OH excluding ortho intramolecular Hbond substituents is 4. The van der Waals surface area contributed by atoms with Gasteiger partial charge < -0.3 is 59.6 Å². The first kappa shape index (κ1) is 35.6. The fourth-order valence-electron chi connectivity index (χ4n) is 3.97. The lowest BCUT2D eigenvalue weighted by atomic mass is 9.79. The van der Waals surface area contributed by atoms with Gasteiger partial charge in [0.2, 0.25) is 0 Å². The van der Waals surface area contributed by atoms with Crippen molar-refractivity contribution in [2.75, 3.05) is 34.3 Å². The first-order valence-corrected chi connectivity index (χ1v) is 13.3. The Balaban J connectivity index is 0.000000860. The molecule has 0 heterocycles. The van der Waals surface area contributed by atoms with Crippen LogP contribution in [0.2, 0.25) is 0 Å². The summed E-state index contributed by atoms with van der Waals surface area (Å²) in [5.41, 5.74) is -1.87. The number of aliphatic hydroxyl groups excluding tert-OH is 3. The molecule has 14 nitrogen and oxygen atoms in total. The summed E-state index contributed by atoms with van der Waals surface area (Å²) in [5.74, 6) is -5.75. The van der Waals surface area contributed by atoms with E-state index in [0.717, 1.165) is 35.3 Å². The van der Waals surface area contributed by atoms with Crippen molar-refractivity contribution in [3.05, 3.63) is 59.7 Å². The van der Waals surface area contributed by atoms with E-state index < -0.39 is 66.2 Å². The van der Waals surface area contributed by atoms with Crippen molar-refractivity contribution in [1.29, 1.82) is 0 Å². The molecule has 0 spiro atoms. The van der Waals surface area contributed by atoms with Crippen LogP contribution in [0.1, 0.15) is 24.0 Å². The molecule has 0 amide bonds. The molecule has 7 N–H and O–H groups in total. The zero-order valence-corrected chi connectivity index (χ0v) is 24.4. The van der Waals surface area contributed by atoms with Crippen LogP contribution in [0.4, 0.5) is 0 Å². The molecule has 1 saturated carbocycles. The number of carbonyl (C=O) groups is 3. The van der Waals surface area contributed by atoms with E-state index in [1.54, 1.807) is 0 Å². The number of likely N-dealkylation sites (N-methyl/N-ethyl adjacent to an activating group) is 1. The zero-order valence-electron chi connectivity index (χ0n) is 24.4. The zero-order chi connectivity index (χ0) is 33.2. The number of carbonyl (C=O) groups excluding carboxylic acids is 3. The molecule has 0 saturated heterocycles. The van der Waals surface area contributed by atoms with Gasteiger partial charge in [0.15, 0.2) is 28.6 Å². The standard InChI is InChI=1S/C25H24O12.C5H14NO/c26-15-5-1-13(9-17(15)28)3-7-21(31)36-20-12-25(24(34)35,11-19(30)23(20)33)37-22(32)8-4-14-2-6-16(27)18(29)10-14;1-6(2,3)4-5-7/h1-10,19-20,23,26-30,33H,11-12H2,(H,34,35);7H,4-5H2,1-3H3/q;+1/p-1/t19-,20-,23+,25-;/m1./s1. The minimum Gasteiger partial charge on any atom is -0.546 e. The van der Waals surface area contributed by atoms with Crippen molar-refractivity contribution >= 4 is 30.1 Å². The van der Waals surface area contributed by atoms with Gasteiger partial charge in [-0.2, -0.15) is 0 Å². The number of quaternary nitrogens is 1. The van der Waals surface area contributed by atoms with Crippen molar-refractivity contribution in [2.24, 2.45) is 0 Å². The number of hydrogen-bond donors (Lipinski definition) is 7. The maximum atomic E-state index is 12.4. The maximum absolute atomic E-state index is 12.4. The SMILES string of the molecule is C[N+](C)(C)CCO.O=C(C=Cc1ccc(O)c(O)c1)O[C@@H]1C[C@@](OC(=O)C=Cc2ccc(O)c(O)c2)(C(=O)[O-])C[C@@H](O)[C@@H]1O. The summed E-state index contributed by atoms with van der Waals surface area (Å²) in [7, 11) is 6.16. The van der Waals surface area contributed by atoms with Crippen LogP contribution in [0.15, 0.2) is 48.6 Å². The Bertz CT molecular complexity index is 1380. The smallest absolute Gasteiger partial charge is 0.331 e. The second kappa shape index (κ2) is 15.2. The highest BCUT2D eigenvalue weighted by Gasteiger charge is 2.50. The summed E-state index contributed by atoms with van der Waals surface area (Å²) in [6.45, 7) is 1.11. The summed E-state index contributed by atoms with van der Waals surface area (Å²) in [6, 6.07) is 7.38. The number of carboxylic acids is 1. The predicted octanol–water partition coefficient (Wildman–Crippen LogP) is -0.620. The van der Waals surface area contributed by atoms with Crippen molar-refractivity contribution < 1.29 is 69.2 Å². The minimum atomic E-state index is -2.45. The van der Waals surface area contributed by atoms with Gasteiger partial charge in [0.1, 0.15) is 18.8 Å². The lowest BCUT2D eigenvalue weighted by molar-refractivity contribution is -0.870. The van der Waals surface area contributed by atoms with E-state index in [9.17, 15) is 50.1 Å². The Labute approximate surface area is 253 Å². The van der Waals surface area contributed by atoms with Crippen molar-refractivity contribution in [1.82, 2.24) is 0 Å². The topological polar surface area (TPSA) is 234 Å². The van der Waals surface area contributed by atoms with Crippen LogP contribution >= 0.6 is 0 Å². The molecule has 0 aromatic heterocycles. The molecule has 0 bridgehead atoms. The average molecular weight is 620 g/mol. The van der Waals surface area contributed by atoms with E-state index in [4.69, 9.17) is 14.6 Å². The molecule has 2 aromatic rings. The average Bonchev–Trinajstić information content (AvgIpc) is 2.92. The highest BCUT2D eigenvalue weighted by atomic mass is 16.6. The van der Waals surface area contributed by atoms with Gasteiger partial charge >= 0.3 is 11.9 Å². The Morgan fingerprint density at radius 2 is 1.36 bits per heavy atom. The van der Waals surface area contributed by atoms with E-state index in [0.29, 0.717) is 5.56 Å². The fraction of sp³-hybridized carbons (Fsp3) is 0.367. The number of aliphatic carboxylic acids is 1. The molecule has 1 fully saturated rings. The molecular formula is C30H37NO13. The van der Waals surface area contributed by atoms with Gasteiger partial charge in [-0.25, -0.2) is 9.59 Å². The van der Waals surface area contributed by atoms with Crippen LogP contribution in [-0.2, 0) is 23.9 Å². The van der Waals surface area contributed by atoms with Gasteiger partial charge in [-0.3, -0.25) is 0 Å². The molecule has 240 valence electrons. The highest BCUT2D eigenvalue weighted by molar-refractivity contribution is 5.90. The first-order chi connectivity index (χ1) is 20.5. The molecule has 1 aliphatic rings. The van der Waals surface area contributed by atoms with Crippen LogP contribution < -0.4 is 5.11 Å². The number of esters is 2. The third kappa shape index (κ3) is 10.6. The molecule has 0 radical (unpaired) electrons. The van der Waals surface area contributed by atoms with Gasteiger partial charge in [-0.15, -0.1) is 0 Å². The number of ether oxygens (including phenoxy) is 2. The van der Waals surface area contributed by atoms with Gasteiger partial charge in [-0.1, -0.05) is 12.1 Å². The Morgan fingerprint density at radius 3 is 1.77 bits per heavy atom. The normalized spacial score (nSPS) is 21.8. The summed E-state index contributed by atoms with van der Waals surface area (Å²) < 4.78 is 11.0. The largest absolute Gasteiger partial charge is 0.546 e. The van der Waals surface area contributed by atoms with E-state index in [1.807, 2.05) is 0 Å². The van der Waals surface area contributed by atoms with Crippen molar-refractivity contribution in [2.45, 2.75) is 36.8 Å². The first-order valence-electron chi connectivity index (χ1n) is 13.3. The van der Waals surface area contributed by atoms with Crippen LogP contribution in [0.25, 0.3) is 12.2 Å². The molecule has 1 aliphatic carbocycles. The Morgan fingerprint density at radius 1 is 0.864 bits per heavy atom. The Kier molecular flexibility index (Phi) is 12.3. The van der Waals surface area contributed by atoms with Crippen LogP contribution in [0.5, 0.6) is 23.0 Å². The van der Waals surface area contributed by atoms with Gasteiger partial charge in [0.25, 0.3) is 0 Å². The molecule has 4 atom stereocenters. The van der Waals surface area contributed by atoms with Crippen LogP contribution in [0.3, 0.4) is 0 Å². The third-order valence-corrected chi connectivity index (χ3v) is 6.37. The van der Waals surface area contributed by atoms with E-state index in [-0.39, 0.29) is 23.7 Å².